The molecule has 2 aliphatic heterocycles. The van der Waals surface area contributed by atoms with Crippen molar-refractivity contribution in [3.63, 3.8) is 0 Å². The van der Waals surface area contributed by atoms with Gasteiger partial charge in [0, 0.05) is 31.6 Å². The van der Waals surface area contributed by atoms with Gasteiger partial charge < -0.3 is 24.6 Å². The number of unbranched alkanes of at least 4 members (excludes halogenated alkanes) is 1. The summed E-state index contributed by atoms with van der Waals surface area (Å²) in [5, 5.41) is 34.5. The van der Waals surface area contributed by atoms with Gasteiger partial charge in [0.15, 0.2) is 6.29 Å². The van der Waals surface area contributed by atoms with E-state index in [0.29, 0.717) is 32.3 Å². The van der Waals surface area contributed by atoms with E-state index in [2.05, 4.69) is 11.4 Å². The smallest absolute Gasteiger partial charge is 0.407 e. The first-order chi connectivity index (χ1) is 21.4. The number of rotatable bonds is 15. The van der Waals surface area contributed by atoms with Crippen LogP contribution in [0.4, 0.5) is 10.5 Å². The molecule has 0 saturated carbocycles. The molecule has 5 atom stereocenters. The summed E-state index contributed by atoms with van der Waals surface area (Å²) in [6.45, 7) is 4.05. The summed E-state index contributed by atoms with van der Waals surface area (Å²) >= 11 is 0. The highest BCUT2D eigenvalue weighted by Gasteiger charge is 2.44. The van der Waals surface area contributed by atoms with Gasteiger partial charge in [0.05, 0.1) is 47.2 Å². The van der Waals surface area contributed by atoms with Crippen LogP contribution in [-0.2, 0) is 30.7 Å². The highest BCUT2D eigenvalue weighted by Crippen LogP contribution is 2.33. The average Bonchev–Trinajstić information content (AvgIpc) is 3.62. The molecule has 2 aromatic rings. The lowest BCUT2D eigenvalue weighted by Gasteiger charge is -2.35. The van der Waals surface area contributed by atoms with E-state index in [1.54, 1.807) is 0 Å². The topological polar surface area (TPSA) is 181 Å². The molecule has 2 N–H and O–H groups in total. The molecule has 2 aliphatic rings. The van der Waals surface area contributed by atoms with E-state index in [0.717, 1.165) is 34.1 Å². The fourth-order valence-electron chi connectivity index (χ4n) is 5.70. The van der Waals surface area contributed by atoms with Gasteiger partial charge in [0.1, 0.15) is 6.10 Å². The molecule has 2 aromatic carbocycles. The maximum atomic E-state index is 14.0. The highest BCUT2D eigenvalue weighted by atomic mass is 32.2. The fourth-order valence-corrected chi connectivity index (χ4v) is 7.34. The zero-order chi connectivity index (χ0) is 32.6. The van der Waals surface area contributed by atoms with E-state index in [-0.39, 0.29) is 42.6 Å². The molecule has 4 rings (SSSR count). The predicted molar refractivity (Wildman–Crippen MR) is 162 cm³/mol. The van der Waals surface area contributed by atoms with Gasteiger partial charge in [-0.25, -0.2) is 13.2 Å². The lowest BCUT2D eigenvalue weighted by molar-refractivity contribution is -0.384. The van der Waals surface area contributed by atoms with Crippen molar-refractivity contribution >= 4 is 21.8 Å². The van der Waals surface area contributed by atoms with Crippen molar-refractivity contribution in [2.24, 2.45) is 11.3 Å². The van der Waals surface area contributed by atoms with Crippen molar-refractivity contribution in [1.29, 1.82) is 5.26 Å². The third-order valence-electron chi connectivity index (χ3n) is 8.13. The monoisotopic (exact) mass is 644 g/mol. The number of hydrogen-bond acceptors (Lipinski definition) is 10. The molecule has 0 spiro atoms. The van der Waals surface area contributed by atoms with E-state index in [1.165, 1.54) is 0 Å². The van der Waals surface area contributed by atoms with Crippen molar-refractivity contribution in [3.8, 4) is 6.07 Å². The third-order valence-corrected chi connectivity index (χ3v) is 9.96. The van der Waals surface area contributed by atoms with Crippen LogP contribution in [0.25, 0.3) is 0 Å². The van der Waals surface area contributed by atoms with Gasteiger partial charge in [-0.1, -0.05) is 44.2 Å². The number of fused-ring (bicyclic) bond motifs is 1. The zero-order valence-electron chi connectivity index (χ0n) is 25.4. The Morgan fingerprint density at radius 1 is 1.22 bits per heavy atom. The molecule has 0 aromatic heterocycles. The Balaban J connectivity index is 1.57. The van der Waals surface area contributed by atoms with Gasteiger partial charge >= 0.3 is 6.09 Å². The van der Waals surface area contributed by atoms with E-state index in [9.17, 15) is 28.4 Å². The molecule has 0 bridgehead atoms. The second kappa shape index (κ2) is 15.1. The summed E-state index contributed by atoms with van der Waals surface area (Å²) < 4.78 is 45.8. The lowest BCUT2D eigenvalue weighted by Crippen LogP contribution is -2.52. The number of nitrogens with zero attached hydrogens (tertiary/aromatic N) is 3. The Labute approximate surface area is 263 Å². The summed E-state index contributed by atoms with van der Waals surface area (Å²) in [4.78, 5) is 23.5. The molecule has 2 fully saturated rings. The maximum Gasteiger partial charge on any atom is 0.407 e. The molecule has 0 aliphatic carbocycles. The third kappa shape index (κ3) is 9.21. The lowest BCUT2D eigenvalue weighted by atomic mass is 9.87. The number of alkyl carbamates (subject to hydrolysis) is 1. The zero-order valence-corrected chi connectivity index (χ0v) is 26.2. The van der Waals surface area contributed by atoms with E-state index in [1.807, 2.05) is 44.2 Å². The van der Waals surface area contributed by atoms with Crippen LogP contribution in [0.3, 0.4) is 0 Å². The van der Waals surface area contributed by atoms with Crippen LogP contribution >= 0.6 is 0 Å². The molecule has 1 amide bonds. The molecular weight excluding hydrogens is 604 g/mol. The largest absolute Gasteiger partial charge is 0.443 e. The van der Waals surface area contributed by atoms with E-state index in [4.69, 9.17) is 19.5 Å². The van der Waals surface area contributed by atoms with Crippen LogP contribution in [0.15, 0.2) is 59.5 Å². The number of hydrogen-bond donors (Lipinski definition) is 2. The summed E-state index contributed by atoms with van der Waals surface area (Å²) in [6.07, 6.45) is -0.784. The second-order valence-corrected chi connectivity index (χ2v) is 14.1. The minimum Gasteiger partial charge on any atom is -0.443 e. The number of aliphatic hydroxyl groups excluding tert-OH is 1. The van der Waals surface area contributed by atoms with Crippen molar-refractivity contribution in [2.45, 2.75) is 75.4 Å². The highest BCUT2D eigenvalue weighted by molar-refractivity contribution is 7.89. The molecule has 45 heavy (non-hydrogen) atoms. The Kier molecular flexibility index (Phi) is 11.5. The standard InChI is InChI=1S/C31H40N4O9S/c1-31(2,15-6-7-16-32)21-34(45(40,41)24-12-10-23(11-13-24)35(38)39)19-27(36)26(18-22-8-4-3-5-9-22)33-30(37)44-28-20-43-29-25(28)14-17-42-29/h3-5,8-13,25-29,36H,6-7,14-15,17-21H2,1-2H3,(H,33,37). The van der Waals surface area contributed by atoms with Crippen LogP contribution in [-0.4, -0.2) is 79.7 Å². The number of amides is 1. The fraction of sp³-hybridized carbons (Fsp3) is 0.548. The minimum absolute atomic E-state index is 0.0141. The first-order valence-corrected chi connectivity index (χ1v) is 16.4. The summed E-state index contributed by atoms with van der Waals surface area (Å²) in [5.41, 5.74) is -0.0447. The van der Waals surface area contributed by atoms with Crippen LogP contribution in [0.2, 0.25) is 0 Å². The number of sulfonamides is 1. The van der Waals surface area contributed by atoms with Crippen molar-refractivity contribution in [1.82, 2.24) is 9.62 Å². The van der Waals surface area contributed by atoms with Gasteiger partial charge in [0.25, 0.3) is 5.69 Å². The number of non-ortho nitro benzene ring substituents is 1. The van der Waals surface area contributed by atoms with Crippen molar-refractivity contribution < 1.29 is 37.5 Å². The Morgan fingerprint density at radius 3 is 2.60 bits per heavy atom. The Morgan fingerprint density at radius 2 is 1.93 bits per heavy atom. The number of ether oxygens (including phenoxy) is 3. The van der Waals surface area contributed by atoms with Gasteiger partial charge in [-0.15, -0.1) is 0 Å². The first kappa shape index (κ1) is 34.3. The first-order valence-electron chi connectivity index (χ1n) is 14.9. The number of benzene rings is 2. The number of carbonyl (C=O) groups is 1. The second-order valence-electron chi connectivity index (χ2n) is 12.2. The molecular formula is C31H40N4O9S. The average molecular weight is 645 g/mol. The molecule has 14 heteroatoms. The van der Waals surface area contributed by atoms with Crippen molar-refractivity contribution in [2.75, 3.05) is 26.3 Å². The van der Waals surface area contributed by atoms with Gasteiger partial charge in [-0.2, -0.15) is 9.57 Å². The van der Waals surface area contributed by atoms with Gasteiger partial charge in [0.2, 0.25) is 10.0 Å². The quantitative estimate of drug-likeness (QED) is 0.165. The number of aliphatic hydroxyl groups is 1. The predicted octanol–water partition coefficient (Wildman–Crippen LogP) is 3.77. The number of nitro benzene ring substituents is 1. The number of nitriles is 1. The van der Waals surface area contributed by atoms with Crippen LogP contribution in [0.5, 0.6) is 0 Å². The summed E-state index contributed by atoms with van der Waals surface area (Å²) in [5.74, 6) is -0.0844. The summed E-state index contributed by atoms with van der Waals surface area (Å²) in [6, 6.07) is 14.9. The SMILES string of the molecule is CC(C)(CCCC#N)CN(CC(O)C(Cc1ccccc1)NC(=O)OC1COC2OCCC12)S(=O)(=O)c1ccc([N+](=O)[O-])cc1. The number of nitro groups is 1. The minimum atomic E-state index is -4.25. The van der Waals surface area contributed by atoms with Crippen molar-refractivity contribution in [3.05, 3.63) is 70.3 Å². The van der Waals surface area contributed by atoms with Crippen LogP contribution in [0, 0.1) is 32.8 Å². The molecule has 244 valence electrons. The number of nitrogens with one attached hydrogen (secondary N) is 1. The Hall–Kier alpha value is -3.61. The summed E-state index contributed by atoms with van der Waals surface area (Å²) in [7, 11) is -4.25. The van der Waals surface area contributed by atoms with Crippen LogP contribution in [0.1, 0.15) is 45.1 Å². The molecule has 2 saturated heterocycles. The molecule has 5 unspecified atom stereocenters. The number of carbonyl (C=O) groups excluding carboxylic acids is 1. The molecule has 2 heterocycles. The molecule has 13 nitrogen and oxygen atoms in total. The Bertz CT molecular complexity index is 1450. The van der Waals surface area contributed by atoms with Gasteiger partial charge in [-0.05, 0) is 48.8 Å². The molecule has 0 radical (unpaired) electrons. The van der Waals surface area contributed by atoms with E-state index >= 15 is 0 Å². The van der Waals surface area contributed by atoms with E-state index < -0.39 is 51.0 Å². The van der Waals surface area contributed by atoms with Crippen LogP contribution < -0.4 is 5.32 Å². The normalized spacial score (nSPS) is 21.1. The van der Waals surface area contributed by atoms with Gasteiger partial charge in [-0.3, -0.25) is 10.1 Å². The maximum absolute atomic E-state index is 14.0.